The monoisotopic (exact) mass is 338 g/mol. The van der Waals surface area contributed by atoms with Crippen LogP contribution in [-0.2, 0) is 6.54 Å². The molecule has 3 nitrogen and oxygen atoms in total. The van der Waals surface area contributed by atoms with Gasteiger partial charge in [0.2, 0.25) is 0 Å². The molecule has 1 aromatic carbocycles. The second kappa shape index (κ2) is 6.84. The van der Waals surface area contributed by atoms with Crippen molar-refractivity contribution in [3.8, 4) is 0 Å². The third-order valence-corrected chi connectivity index (χ3v) is 4.22. The predicted octanol–water partition coefficient (Wildman–Crippen LogP) is 3.11. The first-order valence-electron chi connectivity index (χ1n) is 5.98. The highest BCUT2D eigenvalue weighted by atomic mass is 79.9. The van der Waals surface area contributed by atoms with Gasteiger partial charge >= 0.3 is 0 Å². The average Bonchev–Trinajstić information content (AvgIpc) is 2.85. The van der Waals surface area contributed by atoms with Gasteiger partial charge < -0.3 is 10.6 Å². The molecule has 0 unspecified atom stereocenters. The summed E-state index contributed by atoms with van der Waals surface area (Å²) < 4.78 is 0.961. The lowest BCUT2D eigenvalue weighted by Gasteiger charge is -2.21. The summed E-state index contributed by atoms with van der Waals surface area (Å²) in [6.07, 6.45) is 0. The number of hydrogen-bond acceptors (Lipinski definition) is 3. The number of rotatable bonds is 5. The van der Waals surface area contributed by atoms with Gasteiger partial charge in [-0.25, -0.2) is 0 Å². The average molecular weight is 339 g/mol. The third kappa shape index (κ3) is 3.89. The topological polar surface area (TPSA) is 46.3 Å². The number of carbonyl (C=O) groups is 1. The van der Waals surface area contributed by atoms with Gasteiger partial charge in [0.15, 0.2) is 0 Å². The van der Waals surface area contributed by atoms with Gasteiger partial charge in [0.05, 0.1) is 9.35 Å². The lowest BCUT2D eigenvalue weighted by molar-refractivity contribution is 0.0749. The number of carbonyl (C=O) groups excluding carboxylic acids is 1. The van der Waals surface area contributed by atoms with Crippen LogP contribution in [0.4, 0.5) is 0 Å². The zero-order valence-electron chi connectivity index (χ0n) is 10.4. The fraction of sp³-hybridized carbons (Fsp3) is 0.214. The van der Waals surface area contributed by atoms with Crippen LogP contribution in [0.3, 0.4) is 0 Å². The highest BCUT2D eigenvalue weighted by molar-refractivity contribution is 9.11. The van der Waals surface area contributed by atoms with Crippen molar-refractivity contribution in [2.75, 3.05) is 13.1 Å². The normalized spacial score (nSPS) is 10.4. The summed E-state index contributed by atoms with van der Waals surface area (Å²) in [6, 6.07) is 11.8. The van der Waals surface area contributed by atoms with Crippen LogP contribution in [0, 0.1) is 0 Å². The molecule has 2 aromatic rings. The van der Waals surface area contributed by atoms with Crippen molar-refractivity contribution in [1.82, 2.24) is 4.90 Å². The van der Waals surface area contributed by atoms with Crippen LogP contribution in [0.1, 0.15) is 15.9 Å². The summed E-state index contributed by atoms with van der Waals surface area (Å²) in [5.41, 5.74) is 7.42. The molecule has 0 aliphatic rings. The molecule has 0 bridgehead atoms. The second-order valence-corrected chi connectivity index (χ2v) is 6.43. The van der Waals surface area contributed by atoms with Gasteiger partial charge in [0, 0.05) is 25.0 Å². The Labute approximate surface area is 125 Å². The van der Waals surface area contributed by atoms with Crippen molar-refractivity contribution in [3.05, 3.63) is 56.7 Å². The van der Waals surface area contributed by atoms with Crippen LogP contribution in [0.25, 0.3) is 0 Å². The van der Waals surface area contributed by atoms with E-state index in [2.05, 4.69) is 15.9 Å². The van der Waals surface area contributed by atoms with Gasteiger partial charge in [0.1, 0.15) is 0 Å². The van der Waals surface area contributed by atoms with Crippen molar-refractivity contribution in [1.29, 1.82) is 0 Å². The van der Waals surface area contributed by atoms with Crippen LogP contribution in [-0.4, -0.2) is 23.9 Å². The Kier molecular flexibility index (Phi) is 5.13. The Balaban J connectivity index is 2.13. The van der Waals surface area contributed by atoms with Gasteiger partial charge in [-0.15, -0.1) is 11.3 Å². The molecule has 0 fully saturated rings. The number of halogens is 1. The minimum atomic E-state index is 0.0243. The van der Waals surface area contributed by atoms with E-state index in [9.17, 15) is 4.79 Å². The Hall–Kier alpha value is -1.17. The maximum absolute atomic E-state index is 12.4. The first-order valence-corrected chi connectivity index (χ1v) is 7.65. The summed E-state index contributed by atoms with van der Waals surface area (Å²) in [4.78, 5) is 14.2. The minimum absolute atomic E-state index is 0.0243. The molecule has 0 spiro atoms. The zero-order valence-corrected chi connectivity index (χ0v) is 12.8. The van der Waals surface area contributed by atoms with E-state index in [1.807, 2.05) is 41.8 Å². The largest absolute Gasteiger partial charge is 0.333 e. The van der Waals surface area contributed by atoms with E-state index >= 15 is 0 Å². The fourth-order valence-corrected chi connectivity index (χ4v) is 2.95. The van der Waals surface area contributed by atoms with Crippen molar-refractivity contribution >= 4 is 33.2 Å². The molecular formula is C14H15BrN2OS. The third-order valence-electron chi connectivity index (χ3n) is 2.72. The first-order chi connectivity index (χ1) is 9.20. The number of nitrogens with two attached hydrogens (primary N) is 1. The van der Waals surface area contributed by atoms with E-state index in [-0.39, 0.29) is 5.91 Å². The molecular weight excluding hydrogens is 324 g/mol. The second-order valence-electron chi connectivity index (χ2n) is 4.14. The van der Waals surface area contributed by atoms with Crippen molar-refractivity contribution in [2.24, 2.45) is 5.73 Å². The summed E-state index contributed by atoms with van der Waals surface area (Å²) in [5.74, 6) is 0.0243. The maximum Gasteiger partial charge on any atom is 0.255 e. The molecule has 1 amide bonds. The Morgan fingerprint density at radius 3 is 2.63 bits per heavy atom. The molecule has 2 N–H and O–H groups in total. The molecule has 0 atom stereocenters. The van der Waals surface area contributed by atoms with Gasteiger partial charge in [-0.1, -0.05) is 30.3 Å². The molecule has 1 aromatic heterocycles. The van der Waals surface area contributed by atoms with Gasteiger partial charge in [-0.2, -0.15) is 0 Å². The smallest absolute Gasteiger partial charge is 0.255 e. The molecule has 5 heteroatoms. The number of thiophene rings is 1. The lowest BCUT2D eigenvalue weighted by Crippen LogP contribution is -2.34. The summed E-state index contributed by atoms with van der Waals surface area (Å²) in [6.45, 7) is 1.61. The number of amides is 1. The van der Waals surface area contributed by atoms with E-state index < -0.39 is 0 Å². The van der Waals surface area contributed by atoms with E-state index in [0.717, 1.165) is 9.35 Å². The standard InChI is InChI=1S/C14H15BrN2OS/c15-13-8-12(10-19-13)14(18)17(7-6-16)9-11-4-2-1-3-5-11/h1-5,8,10H,6-7,9,16H2. The van der Waals surface area contributed by atoms with Crippen LogP contribution >= 0.6 is 27.3 Å². The quantitative estimate of drug-likeness (QED) is 0.910. The molecule has 0 saturated heterocycles. The molecule has 100 valence electrons. The van der Waals surface area contributed by atoms with E-state index in [4.69, 9.17) is 5.73 Å². The molecule has 2 rings (SSSR count). The van der Waals surface area contributed by atoms with Crippen LogP contribution < -0.4 is 5.73 Å². The van der Waals surface area contributed by atoms with E-state index in [0.29, 0.717) is 25.2 Å². The van der Waals surface area contributed by atoms with E-state index in [1.165, 1.54) is 11.3 Å². The van der Waals surface area contributed by atoms with Crippen molar-refractivity contribution < 1.29 is 4.79 Å². The highest BCUT2D eigenvalue weighted by Gasteiger charge is 2.16. The van der Waals surface area contributed by atoms with Crippen LogP contribution in [0.2, 0.25) is 0 Å². The predicted molar refractivity (Wildman–Crippen MR) is 82.3 cm³/mol. The maximum atomic E-state index is 12.4. The number of hydrogen-bond donors (Lipinski definition) is 1. The van der Waals surface area contributed by atoms with Crippen LogP contribution in [0.5, 0.6) is 0 Å². The Morgan fingerprint density at radius 2 is 2.05 bits per heavy atom. The molecule has 1 heterocycles. The lowest BCUT2D eigenvalue weighted by atomic mass is 10.2. The summed E-state index contributed by atoms with van der Waals surface area (Å²) >= 11 is 4.89. The Bertz CT molecular complexity index is 541. The van der Waals surface area contributed by atoms with Gasteiger partial charge in [-0.05, 0) is 27.6 Å². The molecule has 19 heavy (non-hydrogen) atoms. The summed E-state index contributed by atoms with van der Waals surface area (Å²) in [5, 5.41) is 1.86. The van der Waals surface area contributed by atoms with Crippen LogP contribution in [0.15, 0.2) is 45.6 Å². The number of benzene rings is 1. The van der Waals surface area contributed by atoms with Crippen molar-refractivity contribution in [3.63, 3.8) is 0 Å². The molecule has 0 radical (unpaired) electrons. The molecule has 0 saturated carbocycles. The zero-order chi connectivity index (χ0) is 13.7. The van der Waals surface area contributed by atoms with Gasteiger partial charge in [0.25, 0.3) is 5.91 Å². The summed E-state index contributed by atoms with van der Waals surface area (Å²) in [7, 11) is 0. The van der Waals surface area contributed by atoms with Crippen molar-refractivity contribution in [2.45, 2.75) is 6.54 Å². The fourth-order valence-electron chi connectivity index (χ4n) is 1.82. The minimum Gasteiger partial charge on any atom is -0.333 e. The van der Waals surface area contributed by atoms with E-state index in [1.54, 1.807) is 4.90 Å². The molecule has 0 aliphatic heterocycles. The first kappa shape index (κ1) is 14.2. The highest BCUT2D eigenvalue weighted by Crippen LogP contribution is 2.22. The van der Waals surface area contributed by atoms with Gasteiger partial charge in [-0.3, -0.25) is 4.79 Å². The number of nitrogens with zero attached hydrogens (tertiary/aromatic N) is 1. The Morgan fingerprint density at radius 1 is 1.32 bits per heavy atom. The molecule has 0 aliphatic carbocycles. The SMILES string of the molecule is NCCN(Cc1ccccc1)C(=O)c1csc(Br)c1.